The van der Waals surface area contributed by atoms with Crippen molar-refractivity contribution in [2.75, 3.05) is 30.7 Å². The molecule has 1 saturated heterocycles. The van der Waals surface area contributed by atoms with Gasteiger partial charge in [-0.3, -0.25) is 14.4 Å². The molecule has 10 nitrogen and oxygen atoms in total. The first kappa shape index (κ1) is 25.2. The summed E-state index contributed by atoms with van der Waals surface area (Å²) in [5.74, 6) is -0.934. The number of aryl methyl sites for hydroxylation is 1. The largest absolute Gasteiger partial charge is 0.437 e. The van der Waals surface area contributed by atoms with Crippen molar-refractivity contribution in [2.24, 2.45) is 5.73 Å². The van der Waals surface area contributed by atoms with Crippen molar-refractivity contribution in [3.8, 4) is 11.6 Å². The van der Waals surface area contributed by atoms with E-state index in [9.17, 15) is 18.0 Å². The normalized spacial score (nSPS) is 14.8. The van der Waals surface area contributed by atoms with Gasteiger partial charge in [0.2, 0.25) is 5.88 Å². The summed E-state index contributed by atoms with van der Waals surface area (Å²) in [7, 11) is 0. The van der Waals surface area contributed by atoms with Crippen molar-refractivity contribution in [3.63, 3.8) is 0 Å². The summed E-state index contributed by atoms with van der Waals surface area (Å²) in [6.07, 6.45) is 2.72. The van der Waals surface area contributed by atoms with Crippen molar-refractivity contribution in [1.29, 1.82) is 0 Å². The molecule has 0 unspecified atom stereocenters. The number of carbonyl (C=O) groups excluding carboxylic acids is 1. The number of nitrogens with two attached hydrogens (primary N) is 2. The van der Waals surface area contributed by atoms with Gasteiger partial charge >= 0.3 is 0 Å². The van der Waals surface area contributed by atoms with E-state index >= 15 is 0 Å². The molecule has 0 atom stereocenters. The van der Waals surface area contributed by atoms with Crippen molar-refractivity contribution < 1.29 is 22.7 Å². The third kappa shape index (κ3) is 5.85. The van der Waals surface area contributed by atoms with Gasteiger partial charge in [-0.15, -0.1) is 0 Å². The molecular weight excluding hydrogens is 477 g/mol. The SMILES string of the molecule is CCc1nc(C(N)=O)c(Nc2cnn(C3CCN(CC(F)F)CC3)c2)nc1Oc1ccc(F)c(N)c1. The first-order valence-corrected chi connectivity index (χ1v) is 11.5. The van der Waals surface area contributed by atoms with E-state index < -0.39 is 18.1 Å². The number of alkyl halides is 2. The minimum atomic E-state index is -2.35. The second-order valence-corrected chi connectivity index (χ2v) is 8.43. The molecule has 1 amide bonds. The molecule has 0 spiro atoms. The topological polar surface area (TPSA) is 137 Å². The number of amides is 1. The van der Waals surface area contributed by atoms with Crippen LogP contribution in [-0.4, -0.2) is 56.6 Å². The monoisotopic (exact) mass is 504 g/mol. The molecule has 4 rings (SSSR count). The zero-order valence-corrected chi connectivity index (χ0v) is 19.6. The molecule has 192 valence electrons. The molecule has 0 aliphatic carbocycles. The third-order valence-corrected chi connectivity index (χ3v) is 5.87. The number of likely N-dealkylation sites (tertiary alicyclic amines) is 1. The molecular formula is C23H27F3N8O2. The molecule has 1 aliphatic rings. The lowest BCUT2D eigenvalue weighted by atomic mass is 10.1. The highest BCUT2D eigenvalue weighted by atomic mass is 19.3. The molecule has 3 aromatic rings. The number of nitrogen functional groups attached to an aromatic ring is 1. The number of rotatable bonds is 9. The lowest BCUT2D eigenvalue weighted by molar-refractivity contribution is 0.0690. The standard InChI is InChI=1S/C23H27F3N8O2/c1-2-18-23(36-15-3-4-16(24)17(27)9-15)32-22(20(31-18)21(28)35)30-13-10-29-34(11-13)14-5-7-33(8-6-14)12-19(25)26/h3-4,9-11,14,19H,2,5-8,12,27H2,1H3,(H2,28,35)(H,30,32). The fourth-order valence-electron chi connectivity index (χ4n) is 4.02. The molecule has 1 aliphatic heterocycles. The average Bonchev–Trinajstić information content (AvgIpc) is 3.30. The van der Waals surface area contributed by atoms with Gasteiger partial charge in [-0.25, -0.2) is 18.2 Å². The van der Waals surface area contributed by atoms with Crippen LogP contribution in [0.5, 0.6) is 11.6 Å². The number of carbonyl (C=O) groups is 1. The predicted molar refractivity (Wildman–Crippen MR) is 127 cm³/mol. The van der Waals surface area contributed by atoms with E-state index in [-0.39, 0.29) is 41.4 Å². The Morgan fingerprint density at radius 1 is 1.28 bits per heavy atom. The zero-order chi connectivity index (χ0) is 25.8. The van der Waals surface area contributed by atoms with Gasteiger partial charge in [-0.05, 0) is 31.4 Å². The first-order valence-electron chi connectivity index (χ1n) is 11.5. The Balaban J connectivity index is 1.54. The van der Waals surface area contributed by atoms with Crippen LogP contribution < -0.4 is 21.5 Å². The molecule has 0 saturated carbocycles. The maximum atomic E-state index is 13.5. The van der Waals surface area contributed by atoms with Gasteiger partial charge < -0.3 is 21.5 Å². The Bertz CT molecular complexity index is 1230. The second kappa shape index (κ2) is 10.8. The van der Waals surface area contributed by atoms with Gasteiger partial charge in [0.05, 0.1) is 30.2 Å². The van der Waals surface area contributed by atoms with Crippen LogP contribution in [0.1, 0.15) is 42.0 Å². The fraction of sp³-hybridized carbons (Fsp3) is 0.391. The number of anilines is 3. The summed E-state index contributed by atoms with van der Waals surface area (Å²) < 4.78 is 46.3. The maximum Gasteiger partial charge on any atom is 0.271 e. The maximum absolute atomic E-state index is 13.5. The molecule has 2 aromatic heterocycles. The van der Waals surface area contributed by atoms with Crippen LogP contribution in [0.3, 0.4) is 0 Å². The number of nitrogens with one attached hydrogen (secondary N) is 1. The summed E-state index contributed by atoms with van der Waals surface area (Å²) in [5.41, 5.74) is 11.9. The number of ether oxygens (including phenoxy) is 1. The van der Waals surface area contributed by atoms with Crippen LogP contribution in [0.25, 0.3) is 0 Å². The predicted octanol–water partition coefficient (Wildman–Crippen LogP) is 3.49. The Morgan fingerprint density at radius 3 is 2.67 bits per heavy atom. The van der Waals surface area contributed by atoms with Gasteiger partial charge in [-0.2, -0.15) is 10.1 Å². The van der Waals surface area contributed by atoms with E-state index in [0.29, 0.717) is 43.7 Å². The summed E-state index contributed by atoms with van der Waals surface area (Å²) in [4.78, 5) is 22.6. The van der Waals surface area contributed by atoms with Crippen LogP contribution in [0.15, 0.2) is 30.6 Å². The van der Waals surface area contributed by atoms with E-state index in [1.54, 1.807) is 22.0 Å². The number of hydrogen-bond acceptors (Lipinski definition) is 8. The van der Waals surface area contributed by atoms with Crippen molar-refractivity contribution in [1.82, 2.24) is 24.6 Å². The third-order valence-electron chi connectivity index (χ3n) is 5.87. The van der Waals surface area contributed by atoms with E-state index in [1.807, 2.05) is 6.92 Å². The van der Waals surface area contributed by atoms with E-state index in [4.69, 9.17) is 16.2 Å². The molecule has 13 heteroatoms. The average molecular weight is 505 g/mol. The summed E-state index contributed by atoms with van der Waals surface area (Å²) in [5, 5.41) is 7.40. The van der Waals surface area contributed by atoms with E-state index in [1.165, 1.54) is 18.2 Å². The molecule has 0 radical (unpaired) electrons. The summed E-state index contributed by atoms with van der Waals surface area (Å²) in [6.45, 7) is 2.70. The number of primary amides is 1. The van der Waals surface area contributed by atoms with E-state index in [0.717, 1.165) is 0 Å². The highest BCUT2D eigenvalue weighted by Gasteiger charge is 2.24. The number of halogens is 3. The van der Waals surface area contributed by atoms with Crippen LogP contribution in [-0.2, 0) is 6.42 Å². The van der Waals surface area contributed by atoms with E-state index in [2.05, 4.69) is 20.4 Å². The Labute approximate surface area is 205 Å². The number of hydrogen-bond donors (Lipinski definition) is 3. The Kier molecular flexibility index (Phi) is 7.58. The fourth-order valence-corrected chi connectivity index (χ4v) is 4.02. The number of benzene rings is 1. The van der Waals surface area contributed by atoms with Crippen LogP contribution >= 0.6 is 0 Å². The smallest absolute Gasteiger partial charge is 0.271 e. The molecule has 5 N–H and O–H groups in total. The number of piperidine rings is 1. The van der Waals surface area contributed by atoms with Crippen molar-refractivity contribution in [2.45, 2.75) is 38.7 Å². The van der Waals surface area contributed by atoms with Gasteiger partial charge in [0.1, 0.15) is 17.3 Å². The minimum absolute atomic E-state index is 0.0569. The highest BCUT2D eigenvalue weighted by Crippen LogP contribution is 2.30. The van der Waals surface area contributed by atoms with Crippen molar-refractivity contribution in [3.05, 3.63) is 47.8 Å². The quantitative estimate of drug-likeness (QED) is 0.377. The van der Waals surface area contributed by atoms with Crippen LogP contribution in [0.4, 0.5) is 30.4 Å². The molecule has 36 heavy (non-hydrogen) atoms. The van der Waals surface area contributed by atoms with Gasteiger partial charge in [0.25, 0.3) is 12.3 Å². The summed E-state index contributed by atoms with van der Waals surface area (Å²) in [6, 6.07) is 3.95. The molecule has 3 heterocycles. The Morgan fingerprint density at radius 2 is 2.03 bits per heavy atom. The molecule has 0 bridgehead atoms. The molecule has 1 fully saturated rings. The van der Waals surface area contributed by atoms with Crippen molar-refractivity contribution >= 4 is 23.1 Å². The summed E-state index contributed by atoms with van der Waals surface area (Å²) >= 11 is 0. The van der Waals surface area contributed by atoms with Gasteiger partial charge in [-0.1, -0.05) is 6.92 Å². The van der Waals surface area contributed by atoms with Crippen LogP contribution in [0.2, 0.25) is 0 Å². The number of aromatic nitrogens is 4. The minimum Gasteiger partial charge on any atom is -0.437 e. The van der Waals surface area contributed by atoms with Gasteiger partial charge in [0.15, 0.2) is 11.5 Å². The molecule has 1 aromatic carbocycles. The van der Waals surface area contributed by atoms with Gasteiger partial charge in [0, 0.05) is 25.4 Å². The van der Waals surface area contributed by atoms with Crippen LogP contribution in [0, 0.1) is 5.82 Å². The highest BCUT2D eigenvalue weighted by molar-refractivity contribution is 5.96. The Hall–Kier alpha value is -3.87. The zero-order valence-electron chi connectivity index (χ0n) is 19.6. The lowest BCUT2D eigenvalue weighted by Crippen LogP contribution is -2.37. The lowest BCUT2D eigenvalue weighted by Gasteiger charge is -2.31. The second-order valence-electron chi connectivity index (χ2n) is 8.43. The first-order chi connectivity index (χ1) is 17.2. The number of nitrogens with zero attached hydrogens (tertiary/aromatic N) is 5.